The number of nitrogens with one attached hydrogen (secondary N) is 2. The quantitative estimate of drug-likeness (QED) is 0.268. The number of nitrogens with zero attached hydrogens (tertiary/aromatic N) is 5. The van der Waals surface area contributed by atoms with Gasteiger partial charge in [0.25, 0.3) is 5.91 Å². The Morgan fingerprint density at radius 2 is 1.77 bits per heavy atom. The fraction of sp³-hybridized carbons (Fsp3) is 0.633. The highest BCUT2D eigenvalue weighted by molar-refractivity contribution is 5.92. The van der Waals surface area contributed by atoms with Crippen LogP contribution in [0.1, 0.15) is 113 Å². The van der Waals surface area contributed by atoms with Crippen molar-refractivity contribution in [3.63, 3.8) is 0 Å². The smallest absolute Gasteiger partial charge is 0.270 e. The Balaban J connectivity index is 1.41. The van der Waals surface area contributed by atoms with Gasteiger partial charge in [-0.15, -0.1) is 0 Å². The van der Waals surface area contributed by atoms with Crippen LogP contribution >= 0.6 is 0 Å². The molecule has 14 heteroatoms. The lowest BCUT2D eigenvalue weighted by molar-refractivity contribution is -0.135. The van der Waals surface area contributed by atoms with Gasteiger partial charge in [-0.25, -0.2) is 27.1 Å². The van der Waals surface area contributed by atoms with Gasteiger partial charge in [-0.2, -0.15) is 10.2 Å². The van der Waals surface area contributed by atoms with Gasteiger partial charge in [0, 0.05) is 49.9 Å². The Bertz CT molecular complexity index is 1500. The van der Waals surface area contributed by atoms with Gasteiger partial charge in [-0.05, 0) is 64.5 Å². The molecule has 0 aliphatic heterocycles. The molecule has 3 heterocycles. The molecule has 2 amide bonds. The molecule has 1 unspecified atom stereocenters. The summed E-state index contributed by atoms with van der Waals surface area (Å²) in [6.45, 7) is 6.82. The van der Waals surface area contributed by atoms with Crippen LogP contribution < -0.4 is 10.6 Å². The van der Waals surface area contributed by atoms with Crippen LogP contribution in [0.3, 0.4) is 0 Å². The average molecular weight is 622 g/mol. The average Bonchev–Trinajstić information content (AvgIpc) is 3.56. The molecule has 0 spiro atoms. The number of carbonyl (C=O) groups excluding carboxylic acids is 2. The number of amides is 2. The molecule has 0 bridgehead atoms. The predicted octanol–water partition coefficient (Wildman–Crippen LogP) is 5.17. The maximum Gasteiger partial charge on any atom is 0.270 e. The molecular weight excluding hydrogens is 582 g/mol. The van der Waals surface area contributed by atoms with Crippen LogP contribution in [0.15, 0.2) is 30.7 Å². The lowest BCUT2D eigenvalue weighted by Gasteiger charge is -2.35. The fourth-order valence-electron chi connectivity index (χ4n) is 6.25. The van der Waals surface area contributed by atoms with Gasteiger partial charge in [0.15, 0.2) is 5.65 Å². The van der Waals surface area contributed by atoms with Gasteiger partial charge in [-0.3, -0.25) is 14.3 Å². The van der Waals surface area contributed by atoms with E-state index in [1.165, 1.54) is 30.8 Å². The van der Waals surface area contributed by atoms with Gasteiger partial charge < -0.3 is 15.7 Å². The molecule has 2 aliphatic rings. The second-order valence-electron chi connectivity index (χ2n) is 13.1. The molecule has 0 saturated heterocycles. The zero-order valence-corrected chi connectivity index (χ0v) is 25.2. The number of aromatic nitrogens is 5. The first-order valence-electron chi connectivity index (χ1n) is 15.0. The predicted molar refractivity (Wildman–Crippen MR) is 152 cm³/mol. The number of alkyl halides is 4. The monoisotopic (exact) mass is 621 g/mol. The SMILES string of the molecule is CC(C)n1nccc1C(=O)N[C@H](c1cn2ncc(C(NC(=O)CC3CC(F)(F)C3)C(C)(C)O)cc2n1)C1CCC(F)(F)CC1. The normalized spacial score (nSPS) is 20.3. The lowest BCUT2D eigenvalue weighted by Crippen LogP contribution is -2.44. The number of carbonyl (C=O) groups is 2. The van der Waals surface area contributed by atoms with E-state index in [4.69, 9.17) is 4.98 Å². The second-order valence-corrected chi connectivity index (χ2v) is 13.1. The third kappa shape index (κ3) is 7.05. The van der Waals surface area contributed by atoms with Gasteiger partial charge in [0.1, 0.15) is 5.69 Å². The number of imidazole rings is 1. The molecular formula is C30H39F4N7O3. The van der Waals surface area contributed by atoms with E-state index in [0.717, 1.165) is 0 Å². The Labute approximate surface area is 252 Å². The minimum Gasteiger partial charge on any atom is -0.388 e. The maximum atomic E-state index is 14.1. The Morgan fingerprint density at radius 1 is 1.09 bits per heavy atom. The van der Waals surface area contributed by atoms with Crippen LogP contribution in [-0.2, 0) is 4.79 Å². The van der Waals surface area contributed by atoms with E-state index in [-0.39, 0.29) is 56.9 Å². The minimum absolute atomic E-state index is 0.0748. The van der Waals surface area contributed by atoms with Crippen molar-refractivity contribution in [1.29, 1.82) is 0 Å². The summed E-state index contributed by atoms with van der Waals surface area (Å²) in [4.78, 5) is 30.8. The Morgan fingerprint density at radius 3 is 2.39 bits per heavy atom. The first-order valence-corrected chi connectivity index (χ1v) is 15.0. The Hall–Kier alpha value is -3.55. The van der Waals surface area contributed by atoms with Crippen LogP contribution in [0.2, 0.25) is 0 Å². The number of rotatable bonds is 10. The minimum atomic E-state index is -2.76. The van der Waals surface area contributed by atoms with E-state index >= 15 is 0 Å². The molecule has 10 nitrogen and oxygen atoms in total. The highest BCUT2D eigenvalue weighted by atomic mass is 19.3. The highest BCUT2D eigenvalue weighted by Crippen LogP contribution is 2.44. The first kappa shape index (κ1) is 31.9. The van der Waals surface area contributed by atoms with E-state index in [1.54, 1.807) is 23.0 Å². The van der Waals surface area contributed by atoms with Gasteiger partial charge in [-0.1, -0.05) is 0 Å². The first-order chi connectivity index (χ1) is 20.5. The van der Waals surface area contributed by atoms with Crippen molar-refractivity contribution in [2.24, 2.45) is 11.8 Å². The molecule has 3 N–H and O–H groups in total. The molecule has 2 fully saturated rings. The third-order valence-corrected chi connectivity index (χ3v) is 8.58. The molecule has 2 atom stereocenters. The standard InChI is InChI=1S/C30H39F4N7O3/c1-17(2)41-22(7-10-35-41)27(43)39-25(19-5-8-29(31,32)9-6-19)21-16-40-23(37-21)12-20(15-36-40)26(28(3,4)44)38-24(42)11-18-13-30(33,34)14-18/h7,10,12,15-19,25-26,44H,5-6,8-9,11,13-14H2,1-4H3,(H,38,42)(H,39,43)/t25-,26?/m0/s1. The van der Waals surface area contributed by atoms with Crippen molar-refractivity contribution in [2.75, 3.05) is 0 Å². The summed E-state index contributed by atoms with van der Waals surface area (Å²) in [5.74, 6) is -7.08. The van der Waals surface area contributed by atoms with Crippen LogP contribution in [0, 0.1) is 11.8 Å². The number of halogens is 4. The maximum absolute atomic E-state index is 14.1. The van der Waals surface area contributed by atoms with Crippen molar-refractivity contribution in [1.82, 2.24) is 35.0 Å². The summed E-state index contributed by atoms with van der Waals surface area (Å²) in [6.07, 6.45) is 3.65. The van der Waals surface area contributed by atoms with E-state index in [1.807, 2.05) is 13.8 Å². The molecule has 2 aliphatic carbocycles. The summed E-state index contributed by atoms with van der Waals surface area (Å²) >= 11 is 0. The summed E-state index contributed by atoms with van der Waals surface area (Å²) in [6, 6.07) is 1.55. The summed E-state index contributed by atoms with van der Waals surface area (Å²) in [5.41, 5.74) is 0.131. The molecule has 0 aromatic carbocycles. The van der Waals surface area contributed by atoms with Crippen LogP contribution in [0.5, 0.6) is 0 Å². The topological polar surface area (TPSA) is 126 Å². The molecule has 44 heavy (non-hydrogen) atoms. The molecule has 240 valence electrons. The van der Waals surface area contributed by atoms with E-state index < -0.39 is 47.3 Å². The Kier molecular flexibility index (Phi) is 8.51. The zero-order valence-electron chi connectivity index (χ0n) is 25.2. The van der Waals surface area contributed by atoms with Gasteiger partial charge >= 0.3 is 0 Å². The van der Waals surface area contributed by atoms with E-state index in [9.17, 15) is 32.3 Å². The van der Waals surface area contributed by atoms with E-state index in [2.05, 4.69) is 20.8 Å². The lowest BCUT2D eigenvalue weighted by atomic mass is 9.79. The summed E-state index contributed by atoms with van der Waals surface area (Å²) in [7, 11) is 0. The van der Waals surface area contributed by atoms with Crippen molar-refractivity contribution in [3.8, 4) is 0 Å². The second kappa shape index (κ2) is 11.8. The highest BCUT2D eigenvalue weighted by Gasteiger charge is 2.46. The summed E-state index contributed by atoms with van der Waals surface area (Å²) < 4.78 is 57.7. The van der Waals surface area contributed by atoms with E-state index in [0.29, 0.717) is 22.6 Å². The van der Waals surface area contributed by atoms with Crippen molar-refractivity contribution < 1.29 is 32.3 Å². The molecule has 5 rings (SSSR count). The summed E-state index contributed by atoms with van der Waals surface area (Å²) in [5, 5.41) is 25.3. The van der Waals surface area contributed by atoms with Crippen LogP contribution in [-0.4, -0.2) is 58.7 Å². The van der Waals surface area contributed by atoms with Crippen molar-refractivity contribution in [3.05, 3.63) is 47.7 Å². The van der Waals surface area contributed by atoms with Crippen LogP contribution in [0.4, 0.5) is 17.6 Å². The van der Waals surface area contributed by atoms with Crippen molar-refractivity contribution >= 4 is 17.5 Å². The fourth-order valence-corrected chi connectivity index (χ4v) is 6.25. The molecule has 2 saturated carbocycles. The number of aliphatic hydroxyl groups is 1. The molecule has 3 aromatic rings. The van der Waals surface area contributed by atoms with Gasteiger partial charge in [0.05, 0.1) is 35.8 Å². The number of hydrogen-bond donors (Lipinski definition) is 3. The third-order valence-electron chi connectivity index (χ3n) is 8.58. The van der Waals surface area contributed by atoms with Crippen LogP contribution in [0.25, 0.3) is 5.65 Å². The number of fused-ring (bicyclic) bond motifs is 1. The molecule has 3 aromatic heterocycles. The number of hydrogen-bond acceptors (Lipinski definition) is 6. The van der Waals surface area contributed by atoms with Crippen molar-refractivity contribution in [2.45, 2.75) is 108 Å². The molecule has 0 radical (unpaired) electrons. The van der Waals surface area contributed by atoms with Gasteiger partial charge in [0.2, 0.25) is 17.8 Å². The largest absolute Gasteiger partial charge is 0.388 e. The zero-order chi connectivity index (χ0) is 32.0.